The molecule has 0 amide bonds. The van der Waals surface area contributed by atoms with Crippen LogP contribution in [-0.4, -0.2) is 18.6 Å². The minimum absolute atomic E-state index is 0.0562. The number of carbonyl (C=O) groups excluding carboxylic acids is 2. The van der Waals surface area contributed by atoms with Crippen LogP contribution < -0.4 is 14.2 Å². The van der Waals surface area contributed by atoms with Gasteiger partial charge in [-0.05, 0) is 78.6 Å². The zero-order chi connectivity index (χ0) is 25.9. The van der Waals surface area contributed by atoms with Crippen molar-refractivity contribution in [2.75, 3.05) is 0 Å². The Bertz CT molecular complexity index is 1110. The van der Waals surface area contributed by atoms with Crippen LogP contribution in [-0.2, 0) is 0 Å². The Morgan fingerprint density at radius 3 is 1.64 bits per heavy atom. The summed E-state index contributed by atoms with van der Waals surface area (Å²) < 4.78 is 39.4. The quantitative estimate of drug-likeness (QED) is 0.145. The molecule has 0 aliphatic rings. The van der Waals surface area contributed by atoms with Crippen LogP contribution in [0.5, 0.6) is 17.2 Å². The standard InChI is InChI=1S/C29H30F2O5/c1-3-4-5-6-7-20(2)21-8-10-22(11-9-21)27(32)34-24-16-18-25(19-17-24)35-28(33)23-12-14-26(15-13-23)36-29(30)31/h8-20,29H,3-7H2,1-2H3/t20-/m1/s1. The molecule has 3 aromatic carbocycles. The largest absolute Gasteiger partial charge is 0.435 e. The number of esters is 2. The highest BCUT2D eigenvalue weighted by molar-refractivity contribution is 5.92. The highest BCUT2D eigenvalue weighted by Crippen LogP contribution is 2.24. The van der Waals surface area contributed by atoms with Crippen molar-refractivity contribution in [3.05, 3.63) is 89.5 Å². The van der Waals surface area contributed by atoms with Crippen LogP contribution in [0.25, 0.3) is 0 Å². The fourth-order valence-corrected chi connectivity index (χ4v) is 3.67. The second-order valence-electron chi connectivity index (χ2n) is 8.53. The normalized spacial score (nSPS) is 11.7. The van der Waals surface area contributed by atoms with Crippen molar-refractivity contribution < 1.29 is 32.6 Å². The first-order chi connectivity index (χ1) is 17.4. The molecule has 0 aliphatic carbocycles. The lowest BCUT2D eigenvalue weighted by molar-refractivity contribution is -0.0498. The first-order valence-electron chi connectivity index (χ1n) is 12.0. The summed E-state index contributed by atoms with van der Waals surface area (Å²) in [5.41, 5.74) is 1.82. The number of benzene rings is 3. The van der Waals surface area contributed by atoms with Crippen LogP contribution in [0.3, 0.4) is 0 Å². The number of unbranched alkanes of at least 4 members (excludes halogenated alkanes) is 3. The number of halogens is 2. The molecule has 0 fully saturated rings. The van der Waals surface area contributed by atoms with Crippen LogP contribution in [0, 0.1) is 0 Å². The molecule has 3 aromatic rings. The van der Waals surface area contributed by atoms with E-state index in [9.17, 15) is 18.4 Å². The number of ether oxygens (including phenoxy) is 3. The van der Waals surface area contributed by atoms with Crippen LogP contribution in [0.1, 0.15) is 78.1 Å². The zero-order valence-corrected chi connectivity index (χ0v) is 20.4. The summed E-state index contributed by atoms with van der Waals surface area (Å²) in [7, 11) is 0. The van der Waals surface area contributed by atoms with E-state index in [4.69, 9.17) is 9.47 Å². The molecule has 0 heterocycles. The van der Waals surface area contributed by atoms with Crippen LogP contribution in [0.15, 0.2) is 72.8 Å². The topological polar surface area (TPSA) is 61.8 Å². The maximum absolute atomic E-state index is 12.5. The summed E-state index contributed by atoms with van der Waals surface area (Å²) in [5.74, 6) is -0.215. The van der Waals surface area contributed by atoms with E-state index in [1.165, 1.54) is 79.8 Å². The van der Waals surface area contributed by atoms with Gasteiger partial charge in [0.25, 0.3) is 0 Å². The Hall–Kier alpha value is -3.74. The summed E-state index contributed by atoms with van der Waals surface area (Å²) in [4.78, 5) is 24.8. The maximum atomic E-state index is 12.5. The summed E-state index contributed by atoms with van der Waals surface area (Å²) in [6, 6.07) is 18.7. The van der Waals surface area contributed by atoms with Crippen molar-refractivity contribution in [3.8, 4) is 17.2 Å². The van der Waals surface area contributed by atoms with Crippen LogP contribution in [0.4, 0.5) is 8.78 Å². The third-order valence-electron chi connectivity index (χ3n) is 5.77. The smallest absolute Gasteiger partial charge is 0.387 e. The Labute approximate surface area is 210 Å². The van der Waals surface area contributed by atoms with Gasteiger partial charge in [0.15, 0.2) is 0 Å². The van der Waals surface area contributed by atoms with Gasteiger partial charge in [-0.3, -0.25) is 0 Å². The molecule has 0 aromatic heterocycles. The van der Waals surface area contributed by atoms with Gasteiger partial charge >= 0.3 is 18.6 Å². The predicted octanol–water partition coefficient (Wildman–Crippen LogP) is 7.80. The molecular formula is C29H30F2O5. The van der Waals surface area contributed by atoms with Crippen molar-refractivity contribution in [1.82, 2.24) is 0 Å². The van der Waals surface area contributed by atoms with Gasteiger partial charge in [0.1, 0.15) is 17.2 Å². The SMILES string of the molecule is CCCCCC[C@@H](C)c1ccc(C(=O)Oc2ccc(OC(=O)c3ccc(OC(F)F)cc3)cc2)cc1. The Kier molecular flexibility index (Phi) is 9.98. The molecular weight excluding hydrogens is 466 g/mol. The molecule has 7 heteroatoms. The number of rotatable bonds is 12. The number of hydrogen-bond donors (Lipinski definition) is 0. The van der Waals surface area contributed by atoms with Crippen molar-refractivity contribution in [3.63, 3.8) is 0 Å². The Morgan fingerprint density at radius 2 is 1.17 bits per heavy atom. The van der Waals surface area contributed by atoms with Gasteiger partial charge in [-0.2, -0.15) is 8.78 Å². The number of carbonyl (C=O) groups is 2. The van der Waals surface area contributed by atoms with Crippen LogP contribution in [0.2, 0.25) is 0 Å². The lowest BCUT2D eigenvalue weighted by Gasteiger charge is -2.12. The van der Waals surface area contributed by atoms with E-state index < -0.39 is 18.6 Å². The highest BCUT2D eigenvalue weighted by Gasteiger charge is 2.13. The summed E-state index contributed by atoms with van der Waals surface area (Å²) in [5, 5.41) is 0. The summed E-state index contributed by atoms with van der Waals surface area (Å²) in [6.07, 6.45) is 6.05. The van der Waals surface area contributed by atoms with E-state index in [1.54, 1.807) is 12.1 Å². The minimum Gasteiger partial charge on any atom is -0.435 e. The molecule has 3 rings (SSSR count). The molecule has 1 atom stereocenters. The lowest BCUT2D eigenvalue weighted by Crippen LogP contribution is -2.10. The molecule has 0 radical (unpaired) electrons. The van der Waals surface area contributed by atoms with Gasteiger partial charge < -0.3 is 14.2 Å². The Balaban J connectivity index is 1.51. The summed E-state index contributed by atoms with van der Waals surface area (Å²) >= 11 is 0. The van der Waals surface area contributed by atoms with Gasteiger partial charge in [-0.25, -0.2) is 9.59 Å². The van der Waals surface area contributed by atoms with E-state index in [0.717, 1.165) is 6.42 Å². The average Bonchev–Trinajstić information content (AvgIpc) is 2.88. The van der Waals surface area contributed by atoms with Crippen LogP contribution >= 0.6 is 0 Å². The van der Waals surface area contributed by atoms with Crippen molar-refractivity contribution >= 4 is 11.9 Å². The fourth-order valence-electron chi connectivity index (χ4n) is 3.67. The third-order valence-corrected chi connectivity index (χ3v) is 5.77. The van der Waals surface area contributed by atoms with Gasteiger partial charge in [-0.1, -0.05) is 51.7 Å². The third kappa shape index (κ3) is 8.18. The molecule has 5 nitrogen and oxygen atoms in total. The van der Waals surface area contributed by atoms with E-state index in [1.807, 2.05) is 12.1 Å². The van der Waals surface area contributed by atoms with Crippen molar-refractivity contribution in [1.29, 1.82) is 0 Å². The van der Waals surface area contributed by atoms with Crippen molar-refractivity contribution in [2.45, 2.75) is 58.5 Å². The number of alkyl halides is 2. The second-order valence-corrected chi connectivity index (χ2v) is 8.53. The zero-order valence-electron chi connectivity index (χ0n) is 20.4. The highest BCUT2D eigenvalue weighted by atomic mass is 19.3. The van der Waals surface area contributed by atoms with Gasteiger partial charge in [0, 0.05) is 0 Å². The van der Waals surface area contributed by atoms with Gasteiger partial charge in [-0.15, -0.1) is 0 Å². The lowest BCUT2D eigenvalue weighted by atomic mass is 9.94. The Morgan fingerprint density at radius 1 is 0.694 bits per heavy atom. The van der Waals surface area contributed by atoms with E-state index >= 15 is 0 Å². The first kappa shape index (κ1) is 26.9. The molecule has 0 saturated heterocycles. The average molecular weight is 497 g/mol. The van der Waals surface area contributed by atoms with E-state index in [2.05, 4.69) is 18.6 Å². The van der Waals surface area contributed by atoms with Crippen molar-refractivity contribution in [2.24, 2.45) is 0 Å². The predicted molar refractivity (Wildman–Crippen MR) is 133 cm³/mol. The van der Waals surface area contributed by atoms with Gasteiger partial charge in [0.05, 0.1) is 11.1 Å². The monoisotopic (exact) mass is 496 g/mol. The molecule has 0 aliphatic heterocycles. The second kappa shape index (κ2) is 13.4. The molecule has 36 heavy (non-hydrogen) atoms. The van der Waals surface area contributed by atoms with Gasteiger partial charge in [0.2, 0.25) is 0 Å². The molecule has 0 unspecified atom stereocenters. The maximum Gasteiger partial charge on any atom is 0.387 e. The fraction of sp³-hybridized carbons (Fsp3) is 0.310. The molecule has 0 saturated carbocycles. The van der Waals surface area contributed by atoms with E-state index in [0.29, 0.717) is 17.2 Å². The van der Waals surface area contributed by atoms with E-state index in [-0.39, 0.29) is 17.1 Å². The molecule has 0 spiro atoms. The number of hydrogen-bond acceptors (Lipinski definition) is 5. The molecule has 190 valence electrons. The summed E-state index contributed by atoms with van der Waals surface area (Å²) in [6.45, 7) is 1.46. The molecule has 0 N–H and O–H groups in total. The first-order valence-corrected chi connectivity index (χ1v) is 12.0. The minimum atomic E-state index is -2.94. The molecule has 0 bridgehead atoms.